The summed E-state index contributed by atoms with van der Waals surface area (Å²) in [6.45, 7) is 5.42. The maximum absolute atomic E-state index is 14.3. The van der Waals surface area contributed by atoms with Gasteiger partial charge in [0, 0.05) is 19.2 Å². The molecular formula is C17H22FN3O4. The van der Waals surface area contributed by atoms with E-state index in [1.54, 1.807) is 20.8 Å². The molecule has 1 saturated heterocycles. The van der Waals surface area contributed by atoms with Crippen LogP contribution in [0.2, 0.25) is 0 Å². The Hall–Kier alpha value is -2.64. The minimum atomic E-state index is -0.770. The average molecular weight is 351 g/mol. The number of nitrogens with one attached hydrogen (secondary N) is 2. The molecule has 2 N–H and O–H groups in total. The number of carbonyl (C=O) groups is 3. The normalized spacial score (nSPS) is 17.4. The highest BCUT2D eigenvalue weighted by Gasteiger charge is 2.35. The molecule has 0 bridgehead atoms. The SMILES string of the molecule is CNC(=O)c1ccc(N2CC[C@H](NC(=O)OC(C)(C)C)C2=O)c(F)c1. The molecule has 1 aliphatic rings. The van der Waals surface area contributed by atoms with Gasteiger partial charge in [0.1, 0.15) is 17.5 Å². The quantitative estimate of drug-likeness (QED) is 0.869. The van der Waals surface area contributed by atoms with E-state index >= 15 is 0 Å². The standard InChI is InChI=1S/C17H22FN3O4/c1-17(2,3)25-16(24)20-12-7-8-21(15(12)23)13-6-5-10(9-11(13)18)14(22)19-4/h5-6,9,12H,7-8H2,1-4H3,(H,19,22)(H,20,24)/t12-/m0/s1. The van der Waals surface area contributed by atoms with Crippen LogP contribution >= 0.6 is 0 Å². The van der Waals surface area contributed by atoms with Crippen LogP contribution in [-0.4, -0.2) is 43.1 Å². The van der Waals surface area contributed by atoms with Crippen molar-refractivity contribution in [2.75, 3.05) is 18.5 Å². The van der Waals surface area contributed by atoms with Gasteiger partial charge in [-0.25, -0.2) is 9.18 Å². The molecule has 0 unspecified atom stereocenters. The molecule has 0 spiro atoms. The third-order valence-electron chi connectivity index (χ3n) is 3.62. The van der Waals surface area contributed by atoms with E-state index in [4.69, 9.17) is 4.74 Å². The third-order valence-corrected chi connectivity index (χ3v) is 3.62. The Morgan fingerprint density at radius 2 is 2.00 bits per heavy atom. The lowest BCUT2D eigenvalue weighted by molar-refractivity contribution is -0.118. The number of carbonyl (C=O) groups excluding carboxylic acids is 3. The average Bonchev–Trinajstić information content (AvgIpc) is 2.85. The van der Waals surface area contributed by atoms with Gasteiger partial charge in [-0.05, 0) is 45.4 Å². The topological polar surface area (TPSA) is 87.7 Å². The largest absolute Gasteiger partial charge is 0.444 e. The highest BCUT2D eigenvalue weighted by atomic mass is 19.1. The van der Waals surface area contributed by atoms with Crippen molar-refractivity contribution in [2.24, 2.45) is 0 Å². The summed E-state index contributed by atoms with van der Waals surface area (Å²) in [6, 6.07) is 3.14. The number of benzene rings is 1. The molecule has 25 heavy (non-hydrogen) atoms. The molecule has 1 heterocycles. The number of amides is 3. The van der Waals surface area contributed by atoms with Crippen LogP contribution in [0.15, 0.2) is 18.2 Å². The summed E-state index contributed by atoms with van der Waals surface area (Å²) in [5, 5.41) is 4.91. The molecule has 136 valence electrons. The van der Waals surface area contributed by atoms with E-state index in [9.17, 15) is 18.8 Å². The van der Waals surface area contributed by atoms with Crippen LogP contribution in [-0.2, 0) is 9.53 Å². The van der Waals surface area contributed by atoms with Crippen molar-refractivity contribution in [1.82, 2.24) is 10.6 Å². The van der Waals surface area contributed by atoms with Crippen molar-refractivity contribution in [3.63, 3.8) is 0 Å². The number of rotatable bonds is 3. The van der Waals surface area contributed by atoms with Gasteiger partial charge in [0.2, 0.25) is 5.91 Å². The van der Waals surface area contributed by atoms with E-state index in [0.29, 0.717) is 6.42 Å². The summed E-state index contributed by atoms with van der Waals surface area (Å²) in [7, 11) is 1.45. The minimum absolute atomic E-state index is 0.0751. The Labute approximate surface area is 145 Å². The number of alkyl carbamates (subject to hydrolysis) is 1. The van der Waals surface area contributed by atoms with Crippen LogP contribution in [0, 0.1) is 5.82 Å². The van der Waals surface area contributed by atoms with E-state index < -0.39 is 35.4 Å². The zero-order valence-corrected chi connectivity index (χ0v) is 14.7. The van der Waals surface area contributed by atoms with Gasteiger partial charge in [0.15, 0.2) is 0 Å². The second-order valence-electron chi connectivity index (χ2n) is 6.72. The molecule has 2 rings (SSSR count). The predicted octanol–water partition coefficient (Wildman–Crippen LogP) is 1.82. The maximum Gasteiger partial charge on any atom is 0.408 e. The van der Waals surface area contributed by atoms with E-state index in [1.807, 2.05) is 0 Å². The fourth-order valence-corrected chi connectivity index (χ4v) is 2.51. The van der Waals surface area contributed by atoms with Crippen molar-refractivity contribution >= 4 is 23.6 Å². The number of hydrogen-bond acceptors (Lipinski definition) is 4. The van der Waals surface area contributed by atoms with Crippen LogP contribution in [0.5, 0.6) is 0 Å². The van der Waals surface area contributed by atoms with Gasteiger partial charge in [-0.3, -0.25) is 9.59 Å². The van der Waals surface area contributed by atoms with Crippen molar-refractivity contribution in [3.05, 3.63) is 29.6 Å². The molecule has 0 aromatic heterocycles. The Balaban J connectivity index is 2.09. The van der Waals surface area contributed by atoms with Crippen LogP contribution < -0.4 is 15.5 Å². The fraction of sp³-hybridized carbons (Fsp3) is 0.471. The summed E-state index contributed by atoms with van der Waals surface area (Å²) in [4.78, 5) is 37.0. The van der Waals surface area contributed by atoms with Gasteiger partial charge >= 0.3 is 6.09 Å². The first-order chi connectivity index (χ1) is 11.6. The highest BCUT2D eigenvalue weighted by Crippen LogP contribution is 2.26. The van der Waals surface area contributed by atoms with Gasteiger partial charge in [-0.15, -0.1) is 0 Å². The molecule has 0 radical (unpaired) electrons. The molecule has 7 nitrogen and oxygen atoms in total. The summed E-state index contributed by atoms with van der Waals surface area (Å²) in [6.07, 6.45) is -0.350. The van der Waals surface area contributed by atoms with Crippen LogP contribution in [0.4, 0.5) is 14.9 Å². The summed E-state index contributed by atoms with van der Waals surface area (Å²) in [5.74, 6) is -1.51. The van der Waals surface area contributed by atoms with Gasteiger partial charge in [0.25, 0.3) is 5.91 Å². The van der Waals surface area contributed by atoms with Gasteiger partial charge in [-0.1, -0.05) is 0 Å². The lowest BCUT2D eigenvalue weighted by atomic mass is 10.1. The minimum Gasteiger partial charge on any atom is -0.444 e. The Bertz CT molecular complexity index is 700. The molecule has 1 aromatic rings. The third kappa shape index (κ3) is 4.46. The van der Waals surface area contributed by atoms with Gasteiger partial charge < -0.3 is 20.3 Å². The maximum atomic E-state index is 14.3. The number of hydrogen-bond donors (Lipinski definition) is 2. The van der Waals surface area contributed by atoms with Crippen LogP contribution in [0.3, 0.4) is 0 Å². The number of ether oxygens (including phenoxy) is 1. The van der Waals surface area contributed by atoms with E-state index in [0.717, 1.165) is 6.07 Å². The van der Waals surface area contributed by atoms with E-state index in [2.05, 4.69) is 10.6 Å². The van der Waals surface area contributed by atoms with Crippen molar-refractivity contribution in [2.45, 2.75) is 38.8 Å². The van der Waals surface area contributed by atoms with Crippen LogP contribution in [0.1, 0.15) is 37.6 Å². The van der Waals surface area contributed by atoms with E-state index in [-0.39, 0.29) is 17.8 Å². The number of halogens is 1. The first-order valence-corrected chi connectivity index (χ1v) is 7.95. The van der Waals surface area contributed by atoms with E-state index in [1.165, 1.54) is 24.1 Å². The van der Waals surface area contributed by atoms with Gasteiger partial charge in [0.05, 0.1) is 5.69 Å². The van der Waals surface area contributed by atoms with Crippen molar-refractivity contribution < 1.29 is 23.5 Å². The zero-order chi connectivity index (χ0) is 18.8. The Morgan fingerprint density at radius 3 is 2.56 bits per heavy atom. The highest BCUT2D eigenvalue weighted by molar-refractivity contribution is 6.01. The zero-order valence-electron chi connectivity index (χ0n) is 14.7. The summed E-state index contributed by atoms with van der Waals surface area (Å²) in [5.41, 5.74) is -0.433. The molecule has 1 aliphatic heterocycles. The Kier molecular flexibility index (Phi) is 5.30. The molecule has 3 amide bonds. The first-order valence-electron chi connectivity index (χ1n) is 7.95. The second-order valence-corrected chi connectivity index (χ2v) is 6.72. The smallest absolute Gasteiger partial charge is 0.408 e. The monoisotopic (exact) mass is 351 g/mol. The van der Waals surface area contributed by atoms with Crippen LogP contribution in [0.25, 0.3) is 0 Å². The second kappa shape index (κ2) is 7.08. The number of anilines is 1. The molecule has 1 atom stereocenters. The lowest BCUT2D eigenvalue weighted by Gasteiger charge is -2.22. The Morgan fingerprint density at radius 1 is 1.32 bits per heavy atom. The summed E-state index contributed by atoms with van der Waals surface area (Å²) >= 11 is 0. The molecule has 1 fully saturated rings. The lowest BCUT2D eigenvalue weighted by Crippen LogP contribution is -2.43. The predicted molar refractivity (Wildman–Crippen MR) is 89.9 cm³/mol. The first kappa shape index (κ1) is 18.7. The molecule has 1 aromatic carbocycles. The van der Waals surface area contributed by atoms with Crippen molar-refractivity contribution in [3.8, 4) is 0 Å². The fourth-order valence-electron chi connectivity index (χ4n) is 2.51. The van der Waals surface area contributed by atoms with Gasteiger partial charge in [-0.2, -0.15) is 0 Å². The number of nitrogens with zero attached hydrogens (tertiary/aromatic N) is 1. The molecule has 0 saturated carbocycles. The van der Waals surface area contributed by atoms with Crippen molar-refractivity contribution in [1.29, 1.82) is 0 Å². The molecule has 0 aliphatic carbocycles. The molecular weight excluding hydrogens is 329 g/mol. The summed E-state index contributed by atoms with van der Waals surface area (Å²) < 4.78 is 19.4. The molecule has 8 heteroatoms.